The molecule has 156 valence electrons. The van der Waals surface area contributed by atoms with Crippen molar-refractivity contribution in [1.29, 1.82) is 0 Å². The van der Waals surface area contributed by atoms with Crippen LogP contribution in [0.15, 0.2) is 83.7 Å². The van der Waals surface area contributed by atoms with Gasteiger partial charge in [-0.1, -0.05) is 54.6 Å². The summed E-state index contributed by atoms with van der Waals surface area (Å²) in [5.41, 5.74) is 1.95. The molecule has 0 aliphatic heterocycles. The second-order valence-electron chi connectivity index (χ2n) is 6.99. The standard InChI is InChI=1S/C24H22N4O3/c1-31-19-13-11-18(12-14-19)16-28-22(20-9-5-6-10-21(20)26-24(28)30)27-23(29)25-15-17-7-3-2-4-8-17/h2-14H,15-16H2,1H3,(H2,25,27,29). The minimum absolute atomic E-state index is 0.259. The number of aromatic nitrogens is 2. The molecular weight excluding hydrogens is 392 g/mol. The number of hydrogen-bond donors (Lipinski definition) is 2. The lowest BCUT2D eigenvalue weighted by Gasteiger charge is -2.16. The van der Waals surface area contributed by atoms with Crippen LogP contribution in [0.1, 0.15) is 11.1 Å². The molecule has 1 aromatic heterocycles. The highest BCUT2D eigenvalue weighted by molar-refractivity contribution is 5.98. The zero-order valence-electron chi connectivity index (χ0n) is 17.0. The lowest BCUT2D eigenvalue weighted by Crippen LogP contribution is -2.33. The van der Waals surface area contributed by atoms with Crippen LogP contribution in [0.5, 0.6) is 5.75 Å². The van der Waals surface area contributed by atoms with Gasteiger partial charge in [0.25, 0.3) is 0 Å². The van der Waals surface area contributed by atoms with Gasteiger partial charge in [-0.25, -0.2) is 9.59 Å². The molecule has 4 rings (SSSR count). The van der Waals surface area contributed by atoms with E-state index in [2.05, 4.69) is 15.6 Å². The molecule has 0 aliphatic carbocycles. The van der Waals surface area contributed by atoms with E-state index in [0.29, 0.717) is 23.3 Å². The Hall–Kier alpha value is -4.13. The van der Waals surface area contributed by atoms with E-state index in [0.717, 1.165) is 16.9 Å². The molecule has 31 heavy (non-hydrogen) atoms. The average molecular weight is 414 g/mol. The molecule has 4 aromatic rings. The molecule has 0 fully saturated rings. The number of fused-ring (bicyclic) bond motifs is 1. The molecule has 0 bridgehead atoms. The molecule has 0 unspecified atom stereocenters. The van der Waals surface area contributed by atoms with Crippen LogP contribution in [0.3, 0.4) is 0 Å². The topological polar surface area (TPSA) is 85.2 Å². The fraction of sp³-hybridized carbons (Fsp3) is 0.125. The van der Waals surface area contributed by atoms with Gasteiger partial charge in [-0.3, -0.25) is 9.88 Å². The molecule has 0 spiro atoms. The van der Waals surface area contributed by atoms with E-state index < -0.39 is 11.7 Å². The Morgan fingerprint density at radius 1 is 0.935 bits per heavy atom. The van der Waals surface area contributed by atoms with E-state index in [9.17, 15) is 9.59 Å². The molecule has 0 aliphatic rings. The van der Waals surface area contributed by atoms with Crippen LogP contribution >= 0.6 is 0 Å². The molecule has 2 amide bonds. The molecule has 3 aromatic carbocycles. The van der Waals surface area contributed by atoms with Crippen LogP contribution < -0.4 is 21.1 Å². The largest absolute Gasteiger partial charge is 0.497 e. The highest BCUT2D eigenvalue weighted by Gasteiger charge is 2.14. The Morgan fingerprint density at radius 2 is 1.65 bits per heavy atom. The Kier molecular flexibility index (Phi) is 5.93. The van der Waals surface area contributed by atoms with Crippen molar-refractivity contribution in [3.63, 3.8) is 0 Å². The smallest absolute Gasteiger partial charge is 0.350 e. The monoisotopic (exact) mass is 414 g/mol. The fourth-order valence-electron chi connectivity index (χ4n) is 3.30. The van der Waals surface area contributed by atoms with Crippen LogP contribution in [0, 0.1) is 0 Å². The summed E-state index contributed by atoms with van der Waals surface area (Å²) >= 11 is 0. The molecule has 7 heteroatoms. The maximum absolute atomic E-state index is 12.8. The predicted octanol–water partition coefficient (Wildman–Crippen LogP) is 3.78. The van der Waals surface area contributed by atoms with Crippen molar-refractivity contribution in [1.82, 2.24) is 14.9 Å². The second kappa shape index (κ2) is 9.13. The van der Waals surface area contributed by atoms with E-state index in [4.69, 9.17) is 4.74 Å². The van der Waals surface area contributed by atoms with E-state index in [1.807, 2.05) is 72.8 Å². The molecule has 7 nitrogen and oxygen atoms in total. The number of rotatable bonds is 6. The maximum Gasteiger partial charge on any atom is 0.350 e. The van der Waals surface area contributed by atoms with Gasteiger partial charge in [-0.05, 0) is 35.4 Å². The lowest BCUT2D eigenvalue weighted by molar-refractivity contribution is 0.251. The van der Waals surface area contributed by atoms with E-state index >= 15 is 0 Å². The van der Waals surface area contributed by atoms with Crippen molar-refractivity contribution in [2.75, 3.05) is 12.4 Å². The summed E-state index contributed by atoms with van der Waals surface area (Å²) in [5, 5.41) is 6.38. The first-order valence-corrected chi connectivity index (χ1v) is 9.85. The van der Waals surface area contributed by atoms with Gasteiger partial charge in [-0.15, -0.1) is 0 Å². The Morgan fingerprint density at radius 3 is 2.39 bits per heavy atom. The quantitative estimate of drug-likeness (QED) is 0.503. The van der Waals surface area contributed by atoms with Crippen LogP contribution in [0.25, 0.3) is 10.9 Å². The highest BCUT2D eigenvalue weighted by atomic mass is 16.5. The summed E-state index contributed by atoms with van der Waals surface area (Å²) < 4.78 is 6.66. The van der Waals surface area contributed by atoms with E-state index in [1.165, 1.54) is 4.57 Å². The number of nitrogens with one attached hydrogen (secondary N) is 2. The number of nitrogens with zero attached hydrogens (tertiary/aromatic N) is 2. The first kappa shape index (κ1) is 20.2. The SMILES string of the molecule is COc1ccc(Cn2c(NC(=O)NCc3ccccc3)c3ccccc3nc2=O)cc1. The van der Waals surface area contributed by atoms with Crippen molar-refractivity contribution in [3.8, 4) is 5.75 Å². The first-order chi connectivity index (χ1) is 15.1. The summed E-state index contributed by atoms with van der Waals surface area (Å²) in [6, 6.07) is 23.9. The molecule has 2 N–H and O–H groups in total. The number of benzene rings is 3. The Labute approximate surface area is 179 Å². The van der Waals surface area contributed by atoms with Crippen molar-refractivity contribution in [2.24, 2.45) is 0 Å². The summed E-state index contributed by atoms with van der Waals surface area (Å²) in [6.07, 6.45) is 0. The van der Waals surface area contributed by atoms with Crippen LogP contribution in [-0.4, -0.2) is 22.7 Å². The van der Waals surface area contributed by atoms with Gasteiger partial charge in [0.15, 0.2) is 0 Å². The number of carbonyl (C=O) groups excluding carboxylic acids is 1. The minimum Gasteiger partial charge on any atom is -0.497 e. The molecule has 0 radical (unpaired) electrons. The van der Waals surface area contributed by atoms with E-state index in [1.54, 1.807) is 13.2 Å². The van der Waals surface area contributed by atoms with Gasteiger partial charge in [0.2, 0.25) is 0 Å². The fourth-order valence-corrected chi connectivity index (χ4v) is 3.30. The molecule has 1 heterocycles. The molecular formula is C24H22N4O3. The maximum atomic E-state index is 12.8. The van der Waals surface area contributed by atoms with Crippen LogP contribution in [0.2, 0.25) is 0 Å². The molecule has 0 saturated carbocycles. The first-order valence-electron chi connectivity index (χ1n) is 9.85. The summed E-state index contributed by atoms with van der Waals surface area (Å²) in [7, 11) is 1.60. The third-order valence-corrected chi connectivity index (χ3v) is 4.90. The van der Waals surface area contributed by atoms with Gasteiger partial charge < -0.3 is 10.1 Å². The number of anilines is 1. The average Bonchev–Trinajstić information content (AvgIpc) is 2.81. The van der Waals surface area contributed by atoms with Crippen molar-refractivity contribution >= 4 is 22.8 Å². The molecule has 0 atom stereocenters. The summed E-state index contributed by atoms with van der Waals surface area (Å²) in [6.45, 7) is 0.632. The number of para-hydroxylation sites is 1. The summed E-state index contributed by atoms with van der Waals surface area (Å²) in [5.74, 6) is 1.13. The number of urea groups is 1. The highest BCUT2D eigenvalue weighted by Crippen LogP contribution is 2.21. The number of hydrogen-bond acceptors (Lipinski definition) is 4. The van der Waals surface area contributed by atoms with Gasteiger partial charge in [0.1, 0.15) is 11.6 Å². The number of ether oxygens (including phenoxy) is 1. The Bertz CT molecular complexity index is 1250. The summed E-state index contributed by atoms with van der Waals surface area (Å²) in [4.78, 5) is 29.6. The second-order valence-corrected chi connectivity index (χ2v) is 6.99. The third-order valence-electron chi connectivity index (χ3n) is 4.90. The van der Waals surface area contributed by atoms with Gasteiger partial charge >= 0.3 is 11.7 Å². The predicted molar refractivity (Wildman–Crippen MR) is 120 cm³/mol. The minimum atomic E-state index is -0.437. The lowest BCUT2D eigenvalue weighted by atomic mass is 10.2. The number of amides is 2. The van der Waals surface area contributed by atoms with Crippen molar-refractivity contribution < 1.29 is 9.53 Å². The molecule has 0 saturated heterocycles. The zero-order valence-corrected chi connectivity index (χ0v) is 17.0. The Balaban J connectivity index is 1.65. The van der Waals surface area contributed by atoms with Crippen molar-refractivity contribution in [2.45, 2.75) is 13.1 Å². The van der Waals surface area contributed by atoms with E-state index in [-0.39, 0.29) is 6.54 Å². The van der Waals surface area contributed by atoms with Crippen LogP contribution in [0.4, 0.5) is 10.6 Å². The number of carbonyl (C=O) groups is 1. The van der Waals surface area contributed by atoms with Gasteiger partial charge in [0.05, 0.1) is 19.2 Å². The zero-order chi connectivity index (χ0) is 21.6. The van der Waals surface area contributed by atoms with Crippen molar-refractivity contribution in [3.05, 3.63) is 100 Å². The number of methoxy groups -OCH3 is 1. The third kappa shape index (κ3) is 4.72. The normalized spacial score (nSPS) is 10.6. The van der Waals surface area contributed by atoms with Gasteiger partial charge in [-0.2, -0.15) is 4.98 Å². The van der Waals surface area contributed by atoms with Gasteiger partial charge in [0, 0.05) is 11.9 Å². The van der Waals surface area contributed by atoms with Crippen LogP contribution in [-0.2, 0) is 13.1 Å².